The van der Waals surface area contributed by atoms with Crippen molar-refractivity contribution in [3.8, 4) is 0 Å². The van der Waals surface area contributed by atoms with E-state index in [0.717, 1.165) is 26.1 Å². The molecular weight excluding hydrogens is 238 g/mol. The Labute approximate surface area is 115 Å². The second kappa shape index (κ2) is 7.29. The molecule has 1 aliphatic heterocycles. The zero-order valence-electron chi connectivity index (χ0n) is 11.4. The van der Waals surface area contributed by atoms with Gasteiger partial charge in [-0.15, -0.1) is 0 Å². The number of aliphatic carboxylic acids is 1. The summed E-state index contributed by atoms with van der Waals surface area (Å²) in [5.74, 6) is -0.124. The van der Waals surface area contributed by atoms with Gasteiger partial charge in [0.25, 0.3) is 0 Å². The van der Waals surface area contributed by atoms with Gasteiger partial charge in [0.05, 0.1) is 0 Å². The second-order valence-electron chi connectivity index (χ2n) is 5.51. The van der Waals surface area contributed by atoms with Crippen molar-refractivity contribution >= 4 is 5.97 Å². The molecule has 1 fully saturated rings. The van der Waals surface area contributed by atoms with Crippen LogP contribution >= 0.6 is 0 Å². The largest absolute Gasteiger partial charge is 0.481 e. The quantitative estimate of drug-likeness (QED) is 0.885. The van der Waals surface area contributed by atoms with Crippen LogP contribution < -0.4 is 0 Å². The molecule has 0 bridgehead atoms. The fraction of sp³-hybridized carbons (Fsp3) is 0.562. The molecule has 0 saturated carbocycles. The Bertz CT molecular complexity index is 391. The van der Waals surface area contributed by atoms with Crippen molar-refractivity contribution in [1.29, 1.82) is 0 Å². The predicted molar refractivity (Wildman–Crippen MR) is 75.9 cm³/mol. The first-order valence-electron chi connectivity index (χ1n) is 7.22. The van der Waals surface area contributed by atoms with E-state index in [-0.39, 0.29) is 0 Å². The molecule has 1 N–H and O–H groups in total. The van der Waals surface area contributed by atoms with Crippen LogP contribution in [0.1, 0.15) is 37.7 Å². The summed E-state index contributed by atoms with van der Waals surface area (Å²) >= 11 is 0. The van der Waals surface area contributed by atoms with E-state index in [1.54, 1.807) is 0 Å². The number of hydrogen-bond donors (Lipinski definition) is 1. The topological polar surface area (TPSA) is 40.5 Å². The molecule has 3 nitrogen and oxygen atoms in total. The van der Waals surface area contributed by atoms with Crippen LogP contribution in [0.3, 0.4) is 0 Å². The Hall–Kier alpha value is -1.35. The number of hydrogen-bond acceptors (Lipinski definition) is 2. The smallest absolute Gasteiger partial charge is 0.303 e. The van der Waals surface area contributed by atoms with Gasteiger partial charge in [-0.3, -0.25) is 9.69 Å². The van der Waals surface area contributed by atoms with Crippen LogP contribution in [0.4, 0.5) is 0 Å². The highest BCUT2D eigenvalue weighted by Gasteiger charge is 2.18. The first kappa shape index (κ1) is 14.1. The van der Waals surface area contributed by atoms with E-state index in [4.69, 9.17) is 5.11 Å². The van der Waals surface area contributed by atoms with Crippen molar-refractivity contribution in [2.24, 2.45) is 5.92 Å². The Morgan fingerprint density at radius 2 is 2.05 bits per heavy atom. The van der Waals surface area contributed by atoms with E-state index < -0.39 is 5.97 Å². The van der Waals surface area contributed by atoms with Crippen LogP contribution in [-0.4, -0.2) is 29.1 Å². The summed E-state index contributed by atoms with van der Waals surface area (Å²) in [6.45, 7) is 3.17. The van der Waals surface area contributed by atoms with Crippen molar-refractivity contribution in [3.05, 3.63) is 35.9 Å². The van der Waals surface area contributed by atoms with Gasteiger partial charge in [0, 0.05) is 19.5 Å². The average Bonchev–Trinajstić information content (AvgIpc) is 2.63. The molecule has 0 aliphatic carbocycles. The average molecular weight is 261 g/mol. The van der Waals surface area contributed by atoms with Crippen LogP contribution in [0.2, 0.25) is 0 Å². The fourth-order valence-electron chi connectivity index (χ4n) is 2.86. The monoisotopic (exact) mass is 261 g/mol. The summed E-state index contributed by atoms with van der Waals surface area (Å²) in [5.41, 5.74) is 1.35. The standard InChI is InChI=1S/C16H23NO2/c18-16(19)10-9-15-8-4-5-11-17(13-15)12-14-6-2-1-3-7-14/h1-3,6-7,15H,4-5,8-13H2,(H,18,19). The van der Waals surface area contributed by atoms with Gasteiger partial charge in [-0.05, 0) is 37.3 Å². The maximum atomic E-state index is 10.7. The van der Waals surface area contributed by atoms with Gasteiger partial charge in [-0.2, -0.15) is 0 Å². The first-order chi connectivity index (χ1) is 9.24. The molecule has 1 saturated heterocycles. The van der Waals surface area contributed by atoms with Gasteiger partial charge in [-0.25, -0.2) is 0 Å². The number of benzene rings is 1. The van der Waals surface area contributed by atoms with Crippen LogP contribution in [-0.2, 0) is 11.3 Å². The van der Waals surface area contributed by atoms with Crippen molar-refractivity contribution in [2.75, 3.05) is 13.1 Å². The Morgan fingerprint density at radius 3 is 2.79 bits per heavy atom. The van der Waals surface area contributed by atoms with E-state index in [1.165, 1.54) is 24.8 Å². The number of carbonyl (C=O) groups is 1. The fourth-order valence-corrected chi connectivity index (χ4v) is 2.86. The maximum Gasteiger partial charge on any atom is 0.303 e. The van der Waals surface area contributed by atoms with E-state index >= 15 is 0 Å². The normalized spacial score (nSPS) is 20.9. The van der Waals surface area contributed by atoms with Crippen LogP contribution in [0, 0.1) is 5.92 Å². The summed E-state index contributed by atoms with van der Waals surface area (Å²) in [6, 6.07) is 10.5. The lowest BCUT2D eigenvalue weighted by atomic mass is 9.98. The number of carboxylic acid groups (broad SMARTS) is 1. The zero-order chi connectivity index (χ0) is 13.5. The third kappa shape index (κ3) is 5.03. The zero-order valence-corrected chi connectivity index (χ0v) is 11.4. The summed E-state index contributed by atoms with van der Waals surface area (Å²) < 4.78 is 0. The van der Waals surface area contributed by atoms with E-state index in [0.29, 0.717) is 12.3 Å². The molecule has 0 aromatic heterocycles. The van der Waals surface area contributed by atoms with E-state index in [1.807, 2.05) is 6.07 Å². The van der Waals surface area contributed by atoms with E-state index in [9.17, 15) is 4.79 Å². The van der Waals surface area contributed by atoms with Crippen molar-refractivity contribution in [1.82, 2.24) is 4.90 Å². The molecule has 104 valence electrons. The van der Waals surface area contributed by atoms with Crippen molar-refractivity contribution < 1.29 is 9.90 Å². The lowest BCUT2D eigenvalue weighted by Crippen LogP contribution is -2.28. The van der Waals surface area contributed by atoms with Gasteiger partial charge >= 0.3 is 5.97 Å². The lowest BCUT2D eigenvalue weighted by Gasteiger charge is -2.24. The molecule has 1 aliphatic rings. The predicted octanol–water partition coefficient (Wildman–Crippen LogP) is 3.15. The highest BCUT2D eigenvalue weighted by atomic mass is 16.4. The molecule has 0 radical (unpaired) electrons. The molecule has 19 heavy (non-hydrogen) atoms. The third-order valence-corrected chi connectivity index (χ3v) is 3.87. The number of rotatable bonds is 5. The number of nitrogens with zero attached hydrogens (tertiary/aromatic N) is 1. The van der Waals surface area contributed by atoms with Gasteiger partial charge in [0.15, 0.2) is 0 Å². The molecule has 2 rings (SSSR count). The summed E-state index contributed by atoms with van der Waals surface area (Å²) in [6.07, 6.45) is 4.77. The number of likely N-dealkylation sites (tertiary alicyclic amines) is 1. The molecule has 1 unspecified atom stereocenters. The second-order valence-corrected chi connectivity index (χ2v) is 5.51. The maximum absolute atomic E-state index is 10.7. The molecule has 1 aromatic carbocycles. The minimum absolute atomic E-state index is 0.309. The highest BCUT2D eigenvalue weighted by molar-refractivity contribution is 5.66. The van der Waals surface area contributed by atoms with Crippen LogP contribution in [0.25, 0.3) is 0 Å². The molecule has 0 spiro atoms. The van der Waals surface area contributed by atoms with Gasteiger partial charge in [-0.1, -0.05) is 36.8 Å². The molecular formula is C16H23NO2. The Balaban J connectivity index is 1.87. The summed E-state index contributed by atoms with van der Waals surface area (Å²) in [5, 5.41) is 8.80. The molecule has 1 aromatic rings. The van der Waals surface area contributed by atoms with Gasteiger partial charge < -0.3 is 5.11 Å². The Morgan fingerprint density at radius 1 is 1.26 bits per heavy atom. The van der Waals surface area contributed by atoms with Crippen molar-refractivity contribution in [2.45, 2.75) is 38.6 Å². The van der Waals surface area contributed by atoms with Gasteiger partial charge in [0.2, 0.25) is 0 Å². The minimum atomic E-state index is -0.668. The molecule has 1 heterocycles. The minimum Gasteiger partial charge on any atom is -0.481 e. The Kier molecular flexibility index (Phi) is 5.40. The lowest BCUT2D eigenvalue weighted by molar-refractivity contribution is -0.137. The third-order valence-electron chi connectivity index (χ3n) is 3.87. The highest BCUT2D eigenvalue weighted by Crippen LogP contribution is 2.22. The number of carboxylic acids is 1. The van der Waals surface area contributed by atoms with E-state index in [2.05, 4.69) is 29.2 Å². The van der Waals surface area contributed by atoms with Crippen molar-refractivity contribution in [3.63, 3.8) is 0 Å². The van der Waals surface area contributed by atoms with Crippen LogP contribution in [0.5, 0.6) is 0 Å². The molecule has 0 amide bonds. The summed E-state index contributed by atoms with van der Waals surface area (Å²) in [4.78, 5) is 13.2. The SMILES string of the molecule is O=C(O)CCC1CCCCN(Cc2ccccc2)C1. The first-order valence-corrected chi connectivity index (χ1v) is 7.22. The van der Waals surface area contributed by atoms with Crippen LogP contribution in [0.15, 0.2) is 30.3 Å². The molecule has 1 atom stereocenters. The van der Waals surface area contributed by atoms with Gasteiger partial charge in [0.1, 0.15) is 0 Å². The summed E-state index contributed by atoms with van der Waals surface area (Å²) in [7, 11) is 0. The molecule has 3 heteroatoms.